The fourth-order valence-corrected chi connectivity index (χ4v) is 2.85. The van der Waals surface area contributed by atoms with Crippen LogP contribution in [0.15, 0.2) is 35.9 Å². The Bertz CT molecular complexity index is 465. The van der Waals surface area contributed by atoms with Crippen molar-refractivity contribution in [1.29, 1.82) is 0 Å². The van der Waals surface area contributed by atoms with Crippen LogP contribution in [0.1, 0.15) is 43.6 Å². The Balaban J connectivity index is 2.34. The van der Waals surface area contributed by atoms with E-state index in [0.29, 0.717) is 5.02 Å². The predicted octanol–water partition coefficient (Wildman–Crippen LogP) is 4.40. The van der Waals surface area contributed by atoms with Gasteiger partial charge in [-0.3, -0.25) is 0 Å². The fraction of sp³-hybridized carbons (Fsp3) is 0.400. The monoisotopic (exact) mass is 264 g/mol. The fourth-order valence-electron chi connectivity index (χ4n) is 2.65. The number of aliphatic carboxylic acids is 1. The molecule has 0 saturated heterocycles. The summed E-state index contributed by atoms with van der Waals surface area (Å²) in [6, 6.07) is 7.77. The largest absolute Gasteiger partial charge is 0.478 e. The Kier molecular flexibility index (Phi) is 4.43. The van der Waals surface area contributed by atoms with Gasteiger partial charge in [-0.2, -0.15) is 0 Å². The van der Waals surface area contributed by atoms with Gasteiger partial charge in [-0.25, -0.2) is 4.79 Å². The number of hydrogen-bond donors (Lipinski definition) is 1. The second-order valence-corrected chi connectivity index (χ2v) is 5.20. The summed E-state index contributed by atoms with van der Waals surface area (Å²) in [4.78, 5) is 10.9. The lowest BCUT2D eigenvalue weighted by Gasteiger charge is -2.18. The van der Waals surface area contributed by atoms with E-state index in [1.807, 2.05) is 24.3 Å². The van der Waals surface area contributed by atoms with Gasteiger partial charge in [0, 0.05) is 17.0 Å². The van der Waals surface area contributed by atoms with E-state index in [0.717, 1.165) is 36.8 Å². The van der Waals surface area contributed by atoms with E-state index in [1.165, 1.54) is 12.5 Å². The summed E-state index contributed by atoms with van der Waals surface area (Å²) in [7, 11) is 0. The smallest absolute Gasteiger partial charge is 0.328 e. The number of carboxylic acids is 1. The third-order valence-electron chi connectivity index (χ3n) is 3.47. The van der Waals surface area contributed by atoms with Crippen molar-refractivity contribution in [2.24, 2.45) is 0 Å². The lowest BCUT2D eigenvalue weighted by atomic mass is 9.87. The highest BCUT2D eigenvalue weighted by Gasteiger charge is 2.20. The van der Waals surface area contributed by atoms with Gasteiger partial charge in [-0.15, -0.1) is 0 Å². The molecule has 0 heterocycles. The maximum atomic E-state index is 10.9. The number of carbonyl (C=O) groups is 1. The van der Waals surface area contributed by atoms with Crippen molar-refractivity contribution >= 4 is 17.6 Å². The highest BCUT2D eigenvalue weighted by molar-refractivity contribution is 6.30. The topological polar surface area (TPSA) is 37.3 Å². The molecular formula is C15H17ClO2. The molecule has 0 amide bonds. The van der Waals surface area contributed by atoms with Gasteiger partial charge < -0.3 is 5.11 Å². The van der Waals surface area contributed by atoms with Crippen LogP contribution < -0.4 is 0 Å². The van der Waals surface area contributed by atoms with Crippen molar-refractivity contribution in [2.45, 2.75) is 38.0 Å². The summed E-state index contributed by atoms with van der Waals surface area (Å²) in [5, 5.41) is 9.69. The zero-order chi connectivity index (χ0) is 13.0. The number of rotatable bonds is 2. The molecule has 1 unspecified atom stereocenters. The molecule has 1 aliphatic carbocycles. The first-order valence-corrected chi connectivity index (χ1v) is 6.73. The highest BCUT2D eigenvalue weighted by Crippen LogP contribution is 2.36. The van der Waals surface area contributed by atoms with E-state index >= 15 is 0 Å². The van der Waals surface area contributed by atoms with Crippen LogP contribution in [0, 0.1) is 0 Å². The first kappa shape index (κ1) is 13.2. The summed E-state index contributed by atoms with van der Waals surface area (Å²) < 4.78 is 0. The summed E-state index contributed by atoms with van der Waals surface area (Å²) >= 11 is 6.02. The molecule has 18 heavy (non-hydrogen) atoms. The van der Waals surface area contributed by atoms with Crippen molar-refractivity contribution in [3.63, 3.8) is 0 Å². The average Bonchev–Trinajstić information content (AvgIpc) is 2.54. The van der Waals surface area contributed by atoms with Gasteiger partial charge in [0.05, 0.1) is 0 Å². The van der Waals surface area contributed by atoms with E-state index in [9.17, 15) is 4.79 Å². The second kappa shape index (κ2) is 6.05. The minimum atomic E-state index is -0.848. The molecule has 0 bridgehead atoms. The predicted molar refractivity (Wildman–Crippen MR) is 73.0 cm³/mol. The van der Waals surface area contributed by atoms with Crippen LogP contribution >= 0.6 is 11.6 Å². The van der Waals surface area contributed by atoms with Gasteiger partial charge in [0.25, 0.3) is 0 Å². The molecule has 0 aromatic heterocycles. The molecule has 1 atom stereocenters. The minimum Gasteiger partial charge on any atom is -0.478 e. The Labute approximate surface area is 112 Å². The molecule has 0 radical (unpaired) electrons. The third-order valence-corrected chi connectivity index (χ3v) is 3.70. The molecule has 2 rings (SSSR count). The molecule has 1 saturated carbocycles. The highest BCUT2D eigenvalue weighted by atomic mass is 35.5. The summed E-state index contributed by atoms with van der Waals surface area (Å²) in [6.07, 6.45) is 6.68. The Morgan fingerprint density at radius 3 is 2.89 bits per heavy atom. The van der Waals surface area contributed by atoms with Crippen molar-refractivity contribution < 1.29 is 9.90 Å². The number of halogens is 1. The van der Waals surface area contributed by atoms with Gasteiger partial charge in [0.2, 0.25) is 0 Å². The van der Waals surface area contributed by atoms with Crippen molar-refractivity contribution in [3.8, 4) is 0 Å². The van der Waals surface area contributed by atoms with Crippen LogP contribution in [0.2, 0.25) is 5.02 Å². The van der Waals surface area contributed by atoms with E-state index in [-0.39, 0.29) is 5.92 Å². The van der Waals surface area contributed by atoms with Gasteiger partial charge in [-0.1, -0.05) is 42.1 Å². The maximum absolute atomic E-state index is 10.9. The van der Waals surface area contributed by atoms with Crippen LogP contribution in [-0.2, 0) is 4.79 Å². The first-order chi connectivity index (χ1) is 8.66. The molecular weight excluding hydrogens is 248 g/mol. The number of carboxylic acid groups (broad SMARTS) is 1. The minimum absolute atomic E-state index is 0.210. The Morgan fingerprint density at radius 2 is 2.17 bits per heavy atom. The van der Waals surface area contributed by atoms with E-state index in [2.05, 4.69) is 0 Å². The summed E-state index contributed by atoms with van der Waals surface area (Å²) in [5.74, 6) is -0.638. The van der Waals surface area contributed by atoms with Gasteiger partial charge in [0.1, 0.15) is 0 Å². The number of hydrogen-bond acceptors (Lipinski definition) is 1. The summed E-state index contributed by atoms with van der Waals surface area (Å²) in [6.45, 7) is 0. The zero-order valence-corrected chi connectivity index (χ0v) is 11.0. The van der Waals surface area contributed by atoms with Crippen LogP contribution in [0.4, 0.5) is 0 Å². The van der Waals surface area contributed by atoms with Crippen LogP contribution in [0.3, 0.4) is 0 Å². The molecule has 0 spiro atoms. The standard InChI is InChI=1S/C15H17ClO2/c16-13-7-4-6-11(9-13)14-8-3-1-2-5-12(14)10-15(17)18/h4,6-7,9-10,14H,1-3,5,8H2,(H,17,18)/b12-10+. The molecule has 1 aromatic rings. The van der Waals surface area contributed by atoms with Crippen LogP contribution in [0.25, 0.3) is 0 Å². The summed E-state index contributed by atoms with van der Waals surface area (Å²) in [5.41, 5.74) is 2.17. The second-order valence-electron chi connectivity index (χ2n) is 4.76. The SMILES string of the molecule is O=C(O)/C=C1\CCCCCC1c1cccc(Cl)c1. The average molecular weight is 265 g/mol. The normalized spacial score (nSPS) is 22.7. The zero-order valence-electron chi connectivity index (χ0n) is 10.2. The van der Waals surface area contributed by atoms with Gasteiger partial charge in [0.15, 0.2) is 0 Å². The van der Waals surface area contributed by atoms with E-state index < -0.39 is 5.97 Å². The number of allylic oxidation sites excluding steroid dienone is 1. The lowest BCUT2D eigenvalue weighted by molar-refractivity contribution is -0.131. The Hall–Kier alpha value is -1.28. The first-order valence-electron chi connectivity index (χ1n) is 6.35. The quantitative estimate of drug-likeness (QED) is 0.635. The van der Waals surface area contributed by atoms with Crippen LogP contribution in [0.5, 0.6) is 0 Å². The molecule has 1 N–H and O–H groups in total. The molecule has 96 valence electrons. The third kappa shape index (κ3) is 3.36. The molecule has 1 fully saturated rings. The maximum Gasteiger partial charge on any atom is 0.328 e. The van der Waals surface area contributed by atoms with E-state index in [1.54, 1.807) is 0 Å². The molecule has 1 aromatic carbocycles. The molecule has 3 heteroatoms. The Morgan fingerprint density at radius 1 is 1.33 bits per heavy atom. The van der Waals surface area contributed by atoms with Crippen molar-refractivity contribution in [1.82, 2.24) is 0 Å². The van der Waals surface area contributed by atoms with Crippen molar-refractivity contribution in [3.05, 3.63) is 46.5 Å². The van der Waals surface area contributed by atoms with Crippen molar-refractivity contribution in [2.75, 3.05) is 0 Å². The number of benzene rings is 1. The molecule has 2 nitrogen and oxygen atoms in total. The van der Waals surface area contributed by atoms with E-state index in [4.69, 9.17) is 16.7 Å². The van der Waals surface area contributed by atoms with Crippen LogP contribution in [-0.4, -0.2) is 11.1 Å². The van der Waals surface area contributed by atoms with Gasteiger partial charge >= 0.3 is 5.97 Å². The molecule has 0 aliphatic heterocycles. The molecule has 1 aliphatic rings. The lowest BCUT2D eigenvalue weighted by Crippen LogP contribution is -2.04. The van der Waals surface area contributed by atoms with Gasteiger partial charge in [-0.05, 0) is 37.0 Å².